The number of sulfonamides is 1. The van der Waals surface area contributed by atoms with Gasteiger partial charge in [-0.25, -0.2) is 13.8 Å². The van der Waals surface area contributed by atoms with Gasteiger partial charge in [-0.15, -0.1) is 11.3 Å². The van der Waals surface area contributed by atoms with Gasteiger partial charge in [0.15, 0.2) is 0 Å². The lowest BCUT2D eigenvalue weighted by atomic mass is 10.1. The Morgan fingerprint density at radius 3 is 2.46 bits per heavy atom. The van der Waals surface area contributed by atoms with Crippen molar-refractivity contribution in [2.75, 3.05) is 31.1 Å². The molecule has 152 valence electrons. The molecule has 1 aromatic heterocycles. The Bertz CT molecular complexity index is 949. The maximum absolute atomic E-state index is 13.1. The van der Waals surface area contributed by atoms with E-state index >= 15 is 0 Å². The van der Waals surface area contributed by atoms with Crippen LogP contribution in [0.25, 0.3) is 0 Å². The summed E-state index contributed by atoms with van der Waals surface area (Å²) in [5, 5.41) is 0. The van der Waals surface area contributed by atoms with E-state index in [0.29, 0.717) is 36.4 Å². The van der Waals surface area contributed by atoms with Gasteiger partial charge in [0.2, 0.25) is 0 Å². The Morgan fingerprint density at radius 1 is 1.04 bits per heavy atom. The average molecular weight is 421 g/mol. The van der Waals surface area contributed by atoms with E-state index in [1.165, 1.54) is 28.2 Å². The van der Waals surface area contributed by atoms with E-state index in [2.05, 4.69) is 54.7 Å². The number of nitrogens with zero attached hydrogens (tertiary/aromatic N) is 2. The summed E-state index contributed by atoms with van der Waals surface area (Å²) < 4.78 is 28.3. The van der Waals surface area contributed by atoms with Crippen molar-refractivity contribution < 1.29 is 8.42 Å². The van der Waals surface area contributed by atoms with E-state index in [0.717, 1.165) is 11.3 Å². The number of hydrazine groups is 1. The van der Waals surface area contributed by atoms with E-state index in [9.17, 15) is 8.42 Å². The highest BCUT2D eigenvalue weighted by atomic mass is 32.2. The van der Waals surface area contributed by atoms with Crippen molar-refractivity contribution >= 4 is 27.0 Å². The highest BCUT2D eigenvalue weighted by Crippen LogP contribution is 2.33. The van der Waals surface area contributed by atoms with Gasteiger partial charge < -0.3 is 4.90 Å². The maximum atomic E-state index is 13.1. The van der Waals surface area contributed by atoms with Gasteiger partial charge in [0.05, 0.1) is 6.04 Å². The predicted octanol–water partition coefficient (Wildman–Crippen LogP) is 2.80. The van der Waals surface area contributed by atoms with Crippen molar-refractivity contribution in [1.82, 2.24) is 15.2 Å². The van der Waals surface area contributed by atoms with Crippen LogP contribution < -0.4 is 15.8 Å². The second-order valence-electron chi connectivity index (χ2n) is 7.74. The molecule has 6 nitrogen and oxygen atoms in total. The van der Waals surface area contributed by atoms with E-state index < -0.39 is 10.0 Å². The van der Waals surface area contributed by atoms with Crippen molar-refractivity contribution in [2.24, 2.45) is 0 Å². The lowest BCUT2D eigenvalue weighted by Gasteiger charge is -2.36. The summed E-state index contributed by atoms with van der Waals surface area (Å²) in [4.78, 5) is 3.37. The van der Waals surface area contributed by atoms with Crippen LogP contribution in [0.4, 0.5) is 5.69 Å². The first-order valence-electron chi connectivity index (χ1n) is 9.78. The molecule has 3 heterocycles. The zero-order chi connectivity index (χ0) is 19.9. The molecule has 1 aromatic carbocycles. The molecule has 2 saturated heterocycles. The summed E-state index contributed by atoms with van der Waals surface area (Å²) in [7, 11) is -3.43. The number of benzene rings is 1. The summed E-state index contributed by atoms with van der Waals surface area (Å²) >= 11 is 1.39. The molecule has 0 radical (unpaired) electrons. The standard InChI is InChI=1S/C20H28N4O2S2/c1-14-5-4-6-18(16(14)3)23-9-11-24(12-10-23)28(25,26)20-8-7-19(27-20)17-13-15(2)21-22-17/h4-8,15,17,21-22H,9-13H2,1-3H3. The molecule has 2 aliphatic rings. The third-order valence-corrected chi connectivity index (χ3v) is 9.35. The van der Waals surface area contributed by atoms with Crippen LogP contribution in [0.5, 0.6) is 0 Å². The minimum Gasteiger partial charge on any atom is -0.369 e. The third kappa shape index (κ3) is 3.71. The Hall–Kier alpha value is -1.45. The highest BCUT2D eigenvalue weighted by molar-refractivity contribution is 7.91. The first-order chi connectivity index (χ1) is 13.4. The van der Waals surface area contributed by atoms with Gasteiger partial charge in [-0.3, -0.25) is 5.43 Å². The summed E-state index contributed by atoms with van der Waals surface area (Å²) in [5.74, 6) is 0. The van der Waals surface area contributed by atoms with Gasteiger partial charge in [0, 0.05) is 42.8 Å². The number of piperazine rings is 1. The largest absolute Gasteiger partial charge is 0.369 e. The lowest BCUT2D eigenvalue weighted by molar-refractivity contribution is 0.385. The number of nitrogens with one attached hydrogen (secondary N) is 2. The van der Waals surface area contributed by atoms with Gasteiger partial charge in [0.1, 0.15) is 4.21 Å². The molecule has 2 aromatic rings. The Kier molecular flexibility index (Phi) is 5.50. The number of hydrogen-bond acceptors (Lipinski definition) is 6. The number of anilines is 1. The molecule has 0 spiro atoms. The van der Waals surface area contributed by atoms with E-state index in [4.69, 9.17) is 0 Å². The van der Waals surface area contributed by atoms with Gasteiger partial charge in [-0.2, -0.15) is 4.31 Å². The topological polar surface area (TPSA) is 64.7 Å². The Labute approximate surface area is 171 Å². The van der Waals surface area contributed by atoms with Crippen molar-refractivity contribution in [3.8, 4) is 0 Å². The fourth-order valence-electron chi connectivity index (χ4n) is 3.94. The molecule has 2 aliphatic heterocycles. The van der Waals surface area contributed by atoms with Gasteiger partial charge in [-0.05, 0) is 56.5 Å². The summed E-state index contributed by atoms with van der Waals surface area (Å²) in [5.41, 5.74) is 10.2. The molecule has 2 atom stereocenters. The van der Waals surface area contributed by atoms with Crippen molar-refractivity contribution in [1.29, 1.82) is 0 Å². The second-order valence-corrected chi connectivity index (χ2v) is 11.0. The first kappa shape index (κ1) is 19.8. The van der Waals surface area contributed by atoms with E-state index in [1.807, 2.05) is 6.07 Å². The predicted molar refractivity (Wildman–Crippen MR) is 114 cm³/mol. The fraction of sp³-hybridized carbons (Fsp3) is 0.500. The highest BCUT2D eigenvalue weighted by Gasteiger charge is 2.31. The maximum Gasteiger partial charge on any atom is 0.252 e. The average Bonchev–Trinajstić information content (AvgIpc) is 3.33. The van der Waals surface area contributed by atoms with Crippen molar-refractivity contribution in [2.45, 2.75) is 43.5 Å². The molecule has 2 N–H and O–H groups in total. The van der Waals surface area contributed by atoms with E-state index in [1.54, 1.807) is 10.4 Å². The first-order valence-corrected chi connectivity index (χ1v) is 12.0. The molecule has 2 fully saturated rings. The fourth-order valence-corrected chi connectivity index (χ4v) is 6.90. The summed E-state index contributed by atoms with van der Waals surface area (Å²) in [6, 6.07) is 10.6. The van der Waals surface area contributed by atoms with Crippen LogP contribution in [0, 0.1) is 13.8 Å². The minimum atomic E-state index is -3.43. The number of rotatable bonds is 4. The molecule has 2 unspecified atom stereocenters. The minimum absolute atomic E-state index is 0.185. The third-order valence-electron chi connectivity index (χ3n) is 5.79. The van der Waals surface area contributed by atoms with Crippen LogP contribution >= 0.6 is 11.3 Å². The van der Waals surface area contributed by atoms with Crippen molar-refractivity contribution in [3.63, 3.8) is 0 Å². The number of thiophene rings is 1. The van der Waals surface area contributed by atoms with Crippen molar-refractivity contribution in [3.05, 3.63) is 46.3 Å². The van der Waals surface area contributed by atoms with Gasteiger partial charge >= 0.3 is 0 Å². The smallest absolute Gasteiger partial charge is 0.252 e. The molecular weight excluding hydrogens is 392 g/mol. The van der Waals surface area contributed by atoms with Crippen LogP contribution in [0.15, 0.2) is 34.5 Å². The molecule has 4 rings (SSSR count). The second kappa shape index (κ2) is 7.76. The summed E-state index contributed by atoms with van der Waals surface area (Å²) in [6.07, 6.45) is 0.967. The number of aryl methyl sites for hydroxylation is 1. The molecule has 0 saturated carbocycles. The lowest BCUT2D eigenvalue weighted by Crippen LogP contribution is -2.48. The molecule has 0 amide bonds. The van der Waals surface area contributed by atoms with E-state index in [-0.39, 0.29) is 6.04 Å². The molecule has 8 heteroatoms. The Balaban J connectivity index is 1.45. The molecule has 28 heavy (non-hydrogen) atoms. The zero-order valence-electron chi connectivity index (χ0n) is 16.6. The summed E-state index contributed by atoms with van der Waals surface area (Å²) in [6.45, 7) is 8.83. The SMILES string of the molecule is Cc1cccc(N2CCN(S(=O)(=O)c3ccc(C4CC(C)NN4)s3)CC2)c1C. The quantitative estimate of drug-likeness (QED) is 0.796. The Morgan fingerprint density at radius 2 is 1.79 bits per heavy atom. The number of hydrogen-bond donors (Lipinski definition) is 2. The monoisotopic (exact) mass is 420 g/mol. The van der Waals surface area contributed by atoms with Crippen LogP contribution in [-0.4, -0.2) is 44.9 Å². The van der Waals surface area contributed by atoms with Crippen LogP contribution in [0.1, 0.15) is 35.4 Å². The normalized spacial score (nSPS) is 24.0. The molecule has 0 aliphatic carbocycles. The van der Waals surface area contributed by atoms with Gasteiger partial charge in [-0.1, -0.05) is 12.1 Å². The molecule has 0 bridgehead atoms. The van der Waals surface area contributed by atoms with Crippen LogP contribution in [0.2, 0.25) is 0 Å². The van der Waals surface area contributed by atoms with Gasteiger partial charge in [0.25, 0.3) is 10.0 Å². The van der Waals surface area contributed by atoms with Crippen LogP contribution in [0.3, 0.4) is 0 Å². The van der Waals surface area contributed by atoms with Crippen LogP contribution in [-0.2, 0) is 10.0 Å². The zero-order valence-corrected chi connectivity index (χ0v) is 18.2. The molecular formula is C20H28N4O2S2.